The molecule has 0 fully saturated rings. The van der Waals surface area contributed by atoms with Gasteiger partial charge < -0.3 is 43.1 Å². The molecular formula is C52H105ClO22. The predicted octanol–water partition coefficient (Wildman–Crippen LogP) is 11.3. The van der Waals surface area contributed by atoms with Crippen LogP contribution in [0.1, 0.15) is 148 Å². The topological polar surface area (TPSA) is 341 Å². The van der Waals surface area contributed by atoms with E-state index in [2.05, 4.69) is 99.7 Å². The fraction of sp³-hybridized carbons (Fsp3) is 0.577. The minimum Gasteiger partial charge on any atom is 0 e. The summed E-state index contributed by atoms with van der Waals surface area (Å²) in [7, 11) is 0. The number of carbonyl (C=O) groups excluding carboxylic acids is 8. The maximum Gasteiger partial charge on any atom is 0 e. The summed E-state index contributed by atoms with van der Waals surface area (Å²) >= 11 is 4.76. The molecule has 0 aromatic carbocycles. The Morgan fingerprint density at radius 2 is 0.840 bits per heavy atom. The van der Waals surface area contributed by atoms with E-state index in [0.29, 0.717) is 26.1 Å². The van der Waals surface area contributed by atoms with Crippen LogP contribution in [-0.4, -0.2) is 106 Å². The van der Waals surface area contributed by atoms with Crippen LogP contribution in [0.3, 0.4) is 0 Å². The van der Waals surface area contributed by atoms with Gasteiger partial charge in [0.1, 0.15) is 18.8 Å². The maximum absolute atomic E-state index is 11.1. The first-order valence-electron chi connectivity index (χ1n) is 19.1. The smallest absolute Gasteiger partial charge is 0 e. The van der Waals surface area contributed by atoms with Crippen molar-refractivity contribution in [3.05, 3.63) is 89.5 Å². The minimum atomic E-state index is -1.05. The van der Waals surface area contributed by atoms with Crippen molar-refractivity contribution >= 4 is 59.7 Å². The number of esters is 7. The van der Waals surface area contributed by atoms with Crippen molar-refractivity contribution in [1.82, 2.24) is 0 Å². The Labute approximate surface area is 465 Å². The van der Waals surface area contributed by atoms with E-state index in [0.717, 1.165) is 12.2 Å². The van der Waals surface area contributed by atoms with Gasteiger partial charge in [-0.2, -0.15) is 0 Å². The van der Waals surface area contributed by atoms with E-state index >= 15 is 0 Å². The Hall–Kier alpha value is -6.39. The van der Waals surface area contributed by atoms with Gasteiger partial charge in [-0.1, -0.05) is 109 Å². The van der Waals surface area contributed by atoms with E-state index in [4.69, 9.17) is 44.6 Å². The van der Waals surface area contributed by atoms with Gasteiger partial charge in [-0.15, -0.1) is 6.58 Å². The first-order chi connectivity index (χ1) is 32.6. The van der Waals surface area contributed by atoms with Gasteiger partial charge in [0.25, 0.3) is 0 Å². The van der Waals surface area contributed by atoms with E-state index in [1.807, 2.05) is 6.08 Å². The Bertz CT molecular complexity index is 1350. The SMILES string of the molecule is C.C.C.C.C.C.C.C=CCCCC.C=CCOC(C)=O.C=CCl.CCOC(=O)C=CC(=O)OCC.CCOC(=O)CC(C=O)C(=O)OCC.CCOC(=O)CC(CO)C(=O)OCC.[C-]#[O+].[C-]#[O+].[C-]#[O+].[C-]#[O+].[C-]#[O+].[C-]#[O+].[HH].[HH].[HH].[HH].[HH].[HH]. The average molecular weight is 1120 g/mol. The summed E-state index contributed by atoms with van der Waals surface area (Å²) in [5.74, 6) is -5.52. The van der Waals surface area contributed by atoms with Gasteiger partial charge in [0.05, 0.1) is 65.0 Å². The second kappa shape index (κ2) is 138. The van der Waals surface area contributed by atoms with Crippen molar-refractivity contribution in [3.8, 4) is 0 Å². The monoisotopic (exact) mass is 1120 g/mol. The molecule has 22 nitrogen and oxygen atoms in total. The van der Waals surface area contributed by atoms with Gasteiger partial charge in [0.15, 0.2) is 0 Å². The molecule has 0 aliphatic rings. The Balaban J connectivity index is -0.0000000194. The van der Waals surface area contributed by atoms with Crippen LogP contribution in [0.2, 0.25) is 0 Å². The summed E-state index contributed by atoms with van der Waals surface area (Å²) in [6, 6.07) is 0. The summed E-state index contributed by atoms with van der Waals surface area (Å²) in [5.41, 5.74) is 1.22. The Morgan fingerprint density at radius 1 is 0.533 bits per heavy atom. The molecule has 0 heterocycles. The van der Waals surface area contributed by atoms with Crippen LogP contribution in [0.15, 0.2) is 49.6 Å². The molecule has 0 saturated heterocycles. The van der Waals surface area contributed by atoms with E-state index in [1.54, 1.807) is 41.5 Å². The molecule has 2 atom stereocenters. The number of hydrogen-bond donors (Lipinski definition) is 1. The number of hydrogen-bond acceptors (Lipinski definition) is 16. The normalized spacial score (nSPS) is 7.65. The molecule has 0 aromatic rings. The fourth-order valence-electron chi connectivity index (χ4n) is 2.78. The number of rotatable bonds is 21. The number of ether oxygens (including phenoxy) is 7. The Kier molecular flexibility index (Phi) is 235. The van der Waals surface area contributed by atoms with Crippen molar-refractivity contribution in [2.45, 2.75) is 139 Å². The summed E-state index contributed by atoms with van der Waals surface area (Å²) in [6.45, 7) is 52.0. The number of unbranched alkanes of at least 4 members (excludes halogenated alkanes) is 2. The molecule has 0 radical (unpaired) electrons. The van der Waals surface area contributed by atoms with Gasteiger partial charge >= 0.3 is 110 Å². The van der Waals surface area contributed by atoms with Crippen LogP contribution >= 0.6 is 11.6 Å². The number of halogens is 1. The average Bonchev–Trinajstić information content (AvgIpc) is 3.35. The Morgan fingerprint density at radius 3 is 1.05 bits per heavy atom. The van der Waals surface area contributed by atoms with E-state index < -0.39 is 54.3 Å². The molecular weight excluding hydrogens is 1010 g/mol. The van der Waals surface area contributed by atoms with Gasteiger partial charge in [-0.05, 0) is 53.5 Å². The molecule has 0 rings (SSSR count). The molecule has 0 saturated carbocycles. The van der Waals surface area contributed by atoms with E-state index in [9.17, 15) is 38.4 Å². The standard InChI is InChI=1S/C9H16O5.C9H14O5.C8H12O4.C6H12.C5H8O2.C2H3Cl.6CO.7CH4.6H2/c2*1-3-13-8(11)5-7(6-10)9(12)14-4-2;1-3-11-7(9)5-6-8(10)12-4-2;1-3-5-6-4-2;1-3-4-7-5(2)6;1-2-3;6*1-2;;;;;;;;;;;;;/h7,10H,3-6H2,1-2H3;6-7H,3-5H2,1-2H3;5-6H,3-4H2,1-2H3;3H,1,4-6H2,2H3;3H,1,4H2,2H3;2H,1H2;;;;;;;7*1H4;6*1H. The zero-order chi connectivity index (χ0) is 56.6. The summed E-state index contributed by atoms with van der Waals surface area (Å²) in [5, 5.41) is 8.83. The summed E-state index contributed by atoms with van der Waals surface area (Å²) < 4.78 is 77.0. The molecule has 452 valence electrons. The van der Waals surface area contributed by atoms with Crippen LogP contribution in [0, 0.1) is 51.7 Å². The number of carbonyl (C=O) groups is 8. The third-order valence-corrected chi connectivity index (χ3v) is 5.10. The van der Waals surface area contributed by atoms with E-state index in [-0.39, 0.29) is 106 Å². The summed E-state index contributed by atoms with van der Waals surface area (Å²) in [4.78, 5) is 85.7. The van der Waals surface area contributed by atoms with Crippen LogP contribution in [0.25, 0.3) is 0 Å². The second-order valence-corrected chi connectivity index (χ2v) is 9.97. The largest absolute Gasteiger partial charge is 0 e. The third-order valence-electron chi connectivity index (χ3n) is 5.10. The fourth-order valence-corrected chi connectivity index (χ4v) is 2.78. The molecule has 0 aliphatic heterocycles. The van der Waals surface area contributed by atoms with Gasteiger partial charge in [0, 0.05) is 27.6 Å². The zero-order valence-corrected chi connectivity index (χ0v) is 40.6. The zero-order valence-electron chi connectivity index (χ0n) is 39.8. The molecule has 0 bridgehead atoms. The molecule has 0 aliphatic carbocycles. The molecule has 2 unspecified atom stereocenters. The van der Waals surface area contributed by atoms with Crippen molar-refractivity contribution in [3.63, 3.8) is 0 Å². The van der Waals surface area contributed by atoms with E-state index in [1.165, 1.54) is 37.8 Å². The summed E-state index contributed by atoms with van der Waals surface area (Å²) in [6.07, 6.45) is 9.34. The molecule has 0 spiro atoms. The van der Waals surface area contributed by atoms with Crippen LogP contribution in [0.4, 0.5) is 0 Å². The van der Waals surface area contributed by atoms with Crippen LogP contribution < -0.4 is 0 Å². The second-order valence-electron chi connectivity index (χ2n) is 9.66. The molecule has 23 heteroatoms. The van der Waals surface area contributed by atoms with Crippen molar-refractivity contribution in [2.24, 2.45) is 11.8 Å². The molecule has 1 N–H and O–H groups in total. The number of aliphatic hydroxyl groups excluding tert-OH is 1. The van der Waals surface area contributed by atoms with Crippen LogP contribution in [-0.2, 0) is 99.4 Å². The first-order valence-corrected chi connectivity index (χ1v) is 19.6. The number of allylic oxidation sites excluding steroid dienone is 1. The number of aliphatic hydroxyl groups is 1. The van der Waals surface area contributed by atoms with Crippen molar-refractivity contribution in [1.29, 1.82) is 0 Å². The van der Waals surface area contributed by atoms with Crippen molar-refractivity contribution < 1.29 is 113 Å². The first kappa shape index (κ1) is 127. The van der Waals surface area contributed by atoms with Gasteiger partial charge in [-0.25, -0.2) is 9.59 Å². The third kappa shape index (κ3) is 153. The molecule has 0 amide bonds. The van der Waals surface area contributed by atoms with Gasteiger partial charge in [0.2, 0.25) is 0 Å². The quantitative estimate of drug-likeness (QED) is 0.0128. The minimum absolute atomic E-state index is 0. The maximum atomic E-state index is 11.1. The van der Waals surface area contributed by atoms with Crippen molar-refractivity contribution in [2.75, 3.05) is 52.9 Å². The van der Waals surface area contributed by atoms with Crippen LogP contribution in [0.5, 0.6) is 0 Å². The molecule has 75 heavy (non-hydrogen) atoms. The van der Waals surface area contributed by atoms with Gasteiger partial charge in [-0.3, -0.25) is 24.0 Å². The molecule has 0 aromatic heterocycles. The predicted molar refractivity (Wildman–Crippen MR) is 294 cm³/mol. The number of aldehydes is 1.